The lowest BCUT2D eigenvalue weighted by molar-refractivity contribution is 1.18. The van der Waals surface area contributed by atoms with Crippen LogP contribution < -0.4 is 0 Å². The lowest BCUT2D eigenvalue weighted by atomic mass is 9.99. The molecule has 0 atom stereocenters. The fourth-order valence-corrected chi connectivity index (χ4v) is 9.22. The van der Waals surface area contributed by atoms with Crippen LogP contribution in [0.2, 0.25) is 0 Å². The molecule has 3 heteroatoms. The van der Waals surface area contributed by atoms with Crippen LogP contribution in [0.3, 0.4) is 0 Å². The molecule has 8 aromatic carbocycles. The van der Waals surface area contributed by atoms with Crippen LogP contribution in [-0.2, 0) is 0 Å². The Hall–Kier alpha value is -6.16. The Balaban J connectivity index is 1.18. The molecule has 0 N–H and O–H groups in total. The van der Waals surface area contributed by atoms with Crippen molar-refractivity contribution in [2.24, 2.45) is 0 Å². The summed E-state index contributed by atoms with van der Waals surface area (Å²) in [4.78, 5) is 0. The van der Waals surface area contributed by atoms with Crippen molar-refractivity contribution in [3.8, 4) is 22.5 Å². The van der Waals surface area contributed by atoms with Gasteiger partial charge in [0.05, 0.1) is 22.1 Å². The molecule has 0 unspecified atom stereocenters. The van der Waals surface area contributed by atoms with E-state index in [0.717, 1.165) is 0 Å². The van der Waals surface area contributed by atoms with Gasteiger partial charge < -0.3 is 9.13 Å². The Morgan fingerprint density at radius 1 is 0.327 bits per heavy atom. The first kappa shape index (κ1) is 26.9. The van der Waals surface area contributed by atoms with Crippen molar-refractivity contribution >= 4 is 85.9 Å². The largest absolute Gasteiger partial charge is 0.309 e. The third kappa shape index (κ3) is 3.88. The van der Waals surface area contributed by atoms with Crippen molar-refractivity contribution in [1.82, 2.24) is 9.13 Å². The van der Waals surface area contributed by atoms with E-state index in [4.69, 9.17) is 0 Å². The van der Waals surface area contributed by atoms with Gasteiger partial charge in [-0.3, -0.25) is 0 Å². The second-order valence-corrected chi connectivity index (χ2v) is 14.0. The molecular formula is C46H28N2S. The summed E-state index contributed by atoms with van der Waals surface area (Å²) in [5.41, 5.74) is 9.70. The van der Waals surface area contributed by atoms with E-state index in [1.807, 2.05) is 11.3 Å². The number of benzene rings is 8. The first-order valence-electron chi connectivity index (χ1n) is 16.8. The van der Waals surface area contributed by atoms with Crippen molar-refractivity contribution in [2.75, 3.05) is 0 Å². The van der Waals surface area contributed by atoms with Gasteiger partial charge in [0, 0.05) is 53.1 Å². The summed E-state index contributed by atoms with van der Waals surface area (Å²) in [5.74, 6) is 0. The highest BCUT2D eigenvalue weighted by atomic mass is 32.1. The summed E-state index contributed by atoms with van der Waals surface area (Å²) >= 11 is 1.88. The molecule has 11 rings (SSSR count). The van der Waals surface area contributed by atoms with Crippen LogP contribution in [0.5, 0.6) is 0 Å². The number of para-hydroxylation sites is 2. The molecule has 3 heterocycles. The number of aromatic nitrogens is 2. The molecule has 49 heavy (non-hydrogen) atoms. The molecule has 0 spiro atoms. The van der Waals surface area contributed by atoms with Crippen LogP contribution >= 0.6 is 11.3 Å². The molecule has 0 saturated carbocycles. The van der Waals surface area contributed by atoms with Crippen LogP contribution in [0.15, 0.2) is 170 Å². The van der Waals surface area contributed by atoms with E-state index in [1.165, 1.54) is 97.1 Å². The van der Waals surface area contributed by atoms with Crippen molar-refractivity contribution in [3.63, 3.8) is 0 Å². The highest BCUT2D eigenvalue weighted by Crippen LogP contribution is 2.44. The number of fused-ring (bicyclic) bond motifs is 11. The average Bonchev–Trinajstić information content (AvgIpc) is 3.82. The van der Waals surface area contributed by atoms with Crippen molar-refractivity contribution in [3.05, 3.63) is 170 Å². The van der Waals surface area contributed by atoms with Gasteiger partial charge in [0.2, 0.25) is 0 Å². The molecule has 0 saturated heterocycles. The maximum atomic E-state index is 2.43. The Morgan fingerprint density at radius 2 is 0.959 bits per heavy atom. The van der Waals surface area contributed by atoms with Crippen LogP contribution in [0.25, 0.3) is 97.1 Å². The Morgan fingerprint density at radius 3 is 1.82 bits per heavy atom. The molecule has 0 aliphatic heterocycles. The van der Waals surface area contributed by atoms with Gasteiger partial charge in [-0.15, -0.1) is 11.3 Å². The zero-order valence-corrected chi connectivity index (χ0v) is 27.3. The van der Waals surface area contributed by atoms with E-state index in [-0.39, 0.29) is 0 Å². The number of rotatable bonds is 3. The lowest BCUT2D eigenvalue weighted by Gasteiger charge is -2.10. The molecule has 228 valence electrons. The number of hydrogen-bond acceptors (Lipinski definition) is 1. The van der Waals surface area contributed by atoms with Gasteiger partial charge in [-0.2, -0.15) is 0 Å². The first-order chi connectivity index (χ1) is 24.3. The highest BCUT2D eigenvalue weighted by molar-refractivity contribution is 7.26. The zero-order chi connectivity index (χ0) is 32.1. The lowest BCUT2D eigenvalue weighted by Crippen LogP contribution is -1.93. The Bertz CT molecular complexity index is 3100. The number of nitrogens with zero attached hydrogens (tertiary/aromatic N) is 2. The van der Waals surface area contributed by atoms with Crippen LogP contribution in [0.4, 0.5) is 0 Å². The molecule has 0 bridgehead atoms. The predicted octanol–water partition coefficient (Wildman–Crippen LogP) is 13.1. The molecule has 0 radical (unpaired) electrons. The van der Waals surface area contributed by atoms with E-state index in [9.17, 15) is 0 Å². The molecule has 0 fully saturated rings. The van der Waals surface area contributed by atoms with Gasteiger partial charge in [0.1, 0.15) is 0 Å². The molecular weight excluding hydrogens is 613 g/mol. The molecule has 0 amide bonds. The highest BCUT2D eigenvalue weighted by Gasteiger charge is 2.19. The second-order valence-electron chi connectivity index (χ2n) is 12.9. The molecule has 3 aromatic heterocycles. The first-order valence-corrected chi connectivity index (χ1v) is 17.6. The van der Waals surface area contributed by atoms with E-state index in [2.05, 4.69) is 179 Å². The SMILES string of the molecule is c1ccc(-n2c3ccc(-c4ccc5c(c4)c4ccccc4n5-c4ccc5ccccc5c4)cc3c3c4c(ccc32)sc2ccccc24)cc1. The van der Waals surface area contributed by atoms with E-state index in [1.54, 1.807) is 0 Å². The monoisotopic (exact) mass is 640 g/mol. The van der Waals surface area contributed by atoms with E-state index < -0.39 is 0 Å². The fraction of sp³-hybridized carbons (Fsp3) is 0. The topological polar surface area (TPSA) is 9.86 Å². The summed E-state index contributed by atoms with van der Waals surface area (Å²) in [5, 5.41) is 10.3. The maximum Gasteiger partial charge on any atom is 0.0548 e. The minimum absolute atomic E-state index is 1.18. The van der Waals surface area contributed by atoms with Gasteiger partial charge in [0.25, 0.3) is 0 Å². The van der Waals surface area contributed by atoms with Crippen molar-refractivity contribution in [1.29, 1.82) is 0 Å². The van der Waals surface area contributed by atoms with Crippen molar-refractivity contribution < 1.29 is 0 Å². The Labute approximate surface area is 286 Å². The minimum Gasteiger partial charge on any atom is -0.309 e. The van der Waals surface area contributed by atoms with Gasteiger partial charge in [-0.1, -0.05) is 97.1 Å². The summed E-state index contributed by atoms with van der Waals surface area (Å²) in [6, 6.07) is 62.4. The summed E-state index contributed by atoms with van der Waals surface area (Å²) in [6.07, 6.45) is 0. The van der Waals surface area contributed by atoms with Crippen LogP contribution in [-0.4, -0.2) is 9.13 Å². The average molecular weight is 641 g/mol. The van der Waals surface area contributed by atoms with Crippen LogP contribution in [0.1, 0.15) is 0 Å². The van der Waals surface area contributed by atoms with E-state index >= 15 is 0 Å². The standard InChI is InChI=1S/C46H28N2S/c1-2-12-33(13-3-1)47-41-23-20-32(28-38(41)45-42(47)24-25-44-46(45)36-15-7-9-17-43(36)49-44)31-19-22-40-37(27-31)35-14-6-8-16-39(35)48(40)34-21-18-29-10-4-5-11-30(29)26-34/h1-28H. The normalized spacial score (nSPS) is 12.1. The molecule has 0 aliphatic carbocycles. The predicted molar refractivity (Wildman–Crippen MR) is 211 cm³/mol. The molecule has 11 aromatic rings. The minimum atomic E-state index is 1.18. The van der Waals surface area contributed by atoms with Gasteiger partial charge >= 0.3 is 0 Å². The molecule has 0 aliphatic rings. The van der Waals surface area contributed by atoms with Gasteiger partial charge in [-0.25, -0.2) is 0 Å². The summed E-state index contributed by atoms with van der Waals surface area (Å²) in [6.45, 7) is 0. The third-order valence-corrected chi connectivity index (χ3v) is 11.4. The quantitative estimate of drug-likeness (QED) is 0.182. The van der Waals surface area contributed by atoms with Crippen LogP contribution in [0, 0.1) is 0 Å². The van der Waals surface area contributed by atoms with Crippen molar-refractivity contribution in [2.45, 2.75) is 0 Å². The smallest absolute Gasteiger partial charge is 0.0548 e. The number of thiophene rings is 1. The third-order valence-electron chi connectivity index (χ3n) is 10.3. The summed E-state index contributed by atoms with van der Waals surface area (Å²) in [7, 11) is 0. The number of hydrogen-bond donors (Lipinski definition) is 0. The van der Waals surface area contributed by atoms with E-state index in [0.29, 0.717) is 0 Å². The fourth-order valence-electron chi connectivity index (χ4n) is 8.11. The zero-order valence-electron chi connectivity index (χ0n) is 26.5. The maximum absolute atomic E-state index is 2.43. The van der Waals surface area contributed by atoms with Gasteiger partial charge in [-0.05, 0) is 94.7 Å². The summed E-state index contributed by atoms with van der Waals surface area (Å²) < 4.78 is 7.50. The Kier molecular flexibility index (Phi) is 5.57. The second kappa shape index (κ2) is 10.2. The van der Waals surface area contributed by atoms with Gasteiger partial charge in [0.15, 0.2) is 0 Å². The molecule has 2 nitrogen and oxygen atoms in total.